The van der Waals surface area contributed by atoms with E-state index in [-0.39, 0.29) is 0 Å². The molecule has 7 nitrogen and oxygen atoms in total. The number of imide groups is 1. The number of carbonyl (C=O) groups is 3. The molecule has 0 spiro atoms. The van der Waals surface area contributed by atoms with Crippen LogP contribution in [-0.2, 0) is 9.59 Å². The number of hydrogen-bond acceptors (Lipinski definition) is 4. The lowest BCUT2D eigenvalue weighted by Crippen LogP contribution is -2.53. The van der Waals surface area contributed by atoms with Crippen LogP contribution in [0.4, 0.5) is 4.79 Å². The topological polar surface area (TPSA) is 116 Å². The summed E-state index contributed by atoms with van der Waals surface area (Å²) >= 11 is 0. The maximum Gasteiger partial charge on any atom is 0.367 e. The van der Waals surface area contributed by atoms with E-state index in [9.17, 15) is 14.4 Å². The molecule has 1 rings (SSSR count). The number of nitrogens with one attached hydrogen (secondary N) is 2. The summed E-state index contributed by atoms with van der Waals surface area (Å²) in [7, 11) is 0. The first-order chi connectivity index (χ1) is 4.97. The van der Waals surface area contributed by atoms with Gasteiger partial charge in [-0.15, -0.1) is 0 Å². The standard InChI is InChI=1S/C4H4N2O5/c7-1-4(11,2(8)9)6-3(10)5-1/h11H,(H,8,9)(H2,5,6,7,10)/t4-/m0/s1. The Hall–Kier alpha value is -1.63. The highest BCUT2D eigenvalue weighted by Crippen LogP contribution is 2.05. The van der Waals surface area contributed by atoms with Crippen LogP contribution in [0.3, 0.4) is 0 Å². The van der Waals surface area contributed by atoms with E-state index in [1.807, 2.05) is 0 Å². The molecule has 11 heavy (non-hydrogen) atoms. The first-order valence-corrected chi connectivity index (χ1v) is 2.56. The molecule has 1 saturated heterocycles. The van der Waals surface area contributed by atoms with Crippen LogP contribution in [0.25, 0.3) is 0 Å². The molecule has 0 aromatic carbocycles. The summed E-state index contributed by atoms with van der Waals surface area (Å²) in [4.78, 5) is 31.0. The van der Waals surface area contributed by atoms with Gasteiger partial charge in [0, 0.05) is 0 Å². The van der Waals surface area contributed by atoms with Crippen molar-refractivity contribution in [1.82, 2.24) is 10.6 Å². The Kier molecular flexibility index (Phi) is 1.31. The average molecular weight is 160 g/mol. The molecule has 3 amide bonds. The van der Waals surface area contributed by atoms with Gasteiger partial charge in [0.05, 0.1) is 0 Å². The number of rotatable bonds is 1. The Morgan fingerprint density at radius 3 is 2.18 bits per heavy atom. The highest BCUT2D eigenvalue weighted by atomic mass is 16.4. The maximum atomic E-state index is 10.5. The van der Waals surface area contributed by atoms with Crippen molar-refractivity contribution in [3.8, 4) is 0 Å². The molecule has 0 bridgehead atoms. The summed E-state index contributed by atoms with van der Waals surface area (Å²) in [5, 5.41) is 20.2. The SMILES string of the molecule is O=C1NC(=O)[C@](O)(C(=O)O)N1. The second-order valence-corrected chi connectivity index (χ2v) is 1.92. The Balaban J connectivity index is 2.96. The molecule has 0 unspecified atom stereocenters. The van der Waals surface area contributed by atoms with Gasteiger partial charge in [0.15, 0.2) is 0 Å². The van der Waals surface area contributed by atoms with Crippen molar-refractivity contribution < 1.29 is 24.6 Å². The van der Waals surface area contributed by atoms with Gasteiger partial charge in [0.2, 0.25) is 0 Å². The van der Waals surface area contributed by atoms with E-state index in [1.54, 1.807) is 5.32 Å². The summed E-state index contributed by atoms with van der Waals surface area (Å²) in [6, 6.07) is -1.03. The minimum absolute atomic E-state index is 1.03. The number of urea groups is 1. The molecule has 0 radical (unpaired) electrons. The first-order valence-electron chi connectivity index (χ1n) is 2.56. The van der Waals surface area contributed by atoms with Crippen LogP contribution in [0, 0.1) is 0 Å². The van der Waals surface area contributed by atoms with Gasteiger partial charge in [-0.1, -0.05) is 0 Å². The Bertz CT molecular complexity index is 249. The quantitative estimate of drug-likeness (QED) is 0.252. The molecule has 1 atom stereocenters. The van der Waals surface area contributed by atoms with E-state index in [2.05, 4.69) is 0 Å². The van der Waals surface area contributed by atoms with Gasteiger partial charge < -0.3 is 10.2 Å². The third-order valence-electron chi connectivity index (χ3n) is 1.16. The van der Waals surface area contributed by atoms with E-state index in [1.165, 1.54) is 5.32 Å². The highest BCUT2D eigenvalue weighted by molar-refractivity contribution is 6.16. The molecule has 7 heteroatoms. The van der Waals surface area contributed by atoms with Gasteiger partial charge in [-0.2, -0.15) is 0 Å². The number of amides is 3. The molecule has 0 aromatic heterocycles. The minimum Gasteiger partial charge on any atom is -0.477 e. The summed E-state index contributed by atoms with van der Waals surface area (Å²) in [6.45, 7) is 0. The molecule has 1 aliphatic rings. The number of hydrogen-bond donors (Lipinski definition) is 4. The molecule has 1 aliphatic heterocycles. The number of carboxylic acids is 1. The molecule has 0 aromatic rings. The van der Waals surface area contributed by atoms with Gasteiger partial charge in [-0.3, -0.25) is 15.4 Å². The van der Waals surface area contributed by atoms with Crippen LogP contribution in [0.5, 0.6) is 0 Å². The second kappa shape index (κ2) is 1.92. The van der Waals surface area contributed by atoms with Crippen molar-refractivity contribution in [2.45, 2.75) is 5.72 Å². The molecule has 60 valence electrons. The fourth-order valence-corrected chi connectivity index (χ4v) is 0.596. The van der Waals surface area contributed by atoms with Crippen LogP contribution in [0.2, 0.25) is 0 Å². The number of aliphatic carboxylic acids is 1. The summed E-state index contributed by atoms with van der Waals surface area (Å²) in [5.41, 5.74) is -2.81. The van der Waals surface area contributed by atoms with E-state index in [0.29, 0.717) is 0 Å². The number of carboxylic acid groups (broad SMARTS) is 1. The molecular weight excluding hydrogens is 156 g/mol. The Labute approximate surface area is 60.0 Å². The Morgan fingerprint density at radius 1 is 1.45 bits per heavy atom. The van der Waals surface area contributed by atoms with Crippen LogP contribution in [0.1, 0.15) is 0 Å². The molecule has 1 heterocycles. The second-order valence-electron chi connectivity index (χ2n) is 1.92. The lowest BCUT2D eigenvalue weighted by molar-refractivity contribution is -0.165. The first kappa shape index (κ1) is 7.48. The molecule has 0 aliphatic carbocycles. The van der Waals surface area contributed by atoms with E-state index >= 15 is 0 Å². The van der Waals surface area contributed by atoms with Crippen molar-refractivity contribution in [2.24, 2.45) is 0 Å². The zero-order chi connectivity index (χ0) is 8.65. The third-order valence-corrected chi connectivity index (χ3v) is 1.16. The smallest absolute Gasteiger partial charge is 0.367 e. The van der Waals surface area contributed by atoms with Gasteiger partial charge in [-0.25, -0.2) is 9.59 Å². The summed E-state index contributed by atoms with van der Waals surface area (Å²) < 4.78 is 0. The number of carbonyl (C=O) groups excluding carboxylic acids is 2. The van der Waals surface area contributed by atoms with Gasteiger partial charge in [-0.05, 0) is 0 Å². The van der Waals surface area contributed by atoms with Crippen molar-refractivity contribution in [3.05, 3.63) is 0 Å². The summed E-state index contributed by atoms with van der Waals surface area (Å²) in [6.07, 6.45) is 0. The molecule has 4 N–H and O–H groups in total. The van der Waals surface area contributed by atoms with Crippen molar-refractivity contribution >= 4 is 17.9 Å². The largest absolute Gasteiger partial charge is 0.477 e. The third kappa shape index (κ3) is 0.905. The summed E-state index contributed by atoms with van der Waals surface area (Å²) in [5.74, 6) is -3.10. The molecular formula is C4H4N2O5. The van der Waals surface area contributed by atoms with Gasteiger partial charge >= 0.3 is 17.7 Å². The van der Waals surface area contributed by atoms with E-state index in [4.69, 9.17) is 10.2 Å². The predicted octanol–water partition coefficient (Wildman–Crippen LogP) is -2.40. The monoisotopic (exact) mass is 160 g/mol. The normalized spacial score (nSPS) is 29.5. The lowest BCUT2D eigenvalue weighted by atomic mass is 10.2. The van der Waals surface area contributed by atoms with Crippen LogP contribution in [0.15, 0.2) is 0 Å². The fourth-order valence-electron chi connectivity index (χ4n) is 0.596. The van der Waals surface area contributed by atoms with Crippen LogP contribution < -0.4 is 10.6 Å². The Morgan fingerprint density at radius 2 is 2.00 bits per heavy atom. The lowest BCUT2D eigenvalue weighted by Gasteiger charge is -2.11. The fraction of sp³-hybridized carbons (Fsp3) is 0.250. The minimum atomic E-state index is -2.81. The van der Waals surface area contributed by atoms with Gasteiger partial charge in [0.25, 0.3) is 5.91 Å². The average Bonchev–Trinajstić information content (AvgIpc) is 2.08. The zero-order valence-electron chi connectivity index (χ0n) is 5.12. The van der Waals surface area contributed by atoms with E-state index < -0.39 is 23.6 Å². The number of aliphatic hydroxyl groups is 1. The van der Waals surface area contributed by atoms with Crippen molar-refractivity contribution in [2.75, 3.05) is 0 Å². The van der Waals surface area contributed by atoms with Crippen molar-refractivity contribution in [3.63, 3.8) is 0 Å². The zero-order valence-corrected chi connectivity index (χ0v) is 5.12. The molecule has 0 saturated carbocycles. The highest BCUT2D eigenvalue weighted by Gasteiger charge is 2.51. The molecule has 1 fully saturated rings. The van der Waals surface area contributed by atoms with Crippen molar-refractivity contribution in [1.29, 1.82) is 0 Å². The van der Waals surface area contributed by atoms with Gasteiger partial charge in [0.1, 0.15) is 0 Å². The van der Waals surface area contributed by atoms with Crippen LogP contribution in [-0.4, -0.2) is 33.8 Å². The predicted molar refractivity (Wildman–Crippen MR) is 29.3 cm³/mol. The van der Waals surface area contributed by atoms with Crippen LogP contribution >= 0.6 is 0 Å². The maximum absolute atomic E-state index is 10.5. The van der Waals surface area contributed by atoms with E-state index in [0.717, 1.165) is 0 Å².